The van der Waals surface area contributed by atoms with E-state index in [1.165, 1.54) is 0 Å². The van der Waals surface area contributed by atoms with Crippen LogP contribution in [-0.4, -0.2) is 51.5 Å². The Kier molecular flexibility index (Phi) is 10.4. The molecular formula is C22H29N3O7. The summed E-state index contributed by atoms with van der Waals surface area (Å²) in [6, 6.07) is 8.32. The van der Waals surface area contributed by atoms with Crippen molar-refractivity contribution in [1.29, 1.82) is 0 Å². The predicted octanol–water partition coefficient (Wildman–Crippen LogP) is 1.75. The highest BCUT2D eigenvalue weighted by atomic mass is 16.5. The van der Waals surface area contributed by atoms with Gasteiger partial charge in [0.15, 0.2) is 11.5 Å². The Labute approximate surface area is 186 Å². The number of carbonyl (C=O) groups excluding carboxylic acids is 1. The van der Waals surface area contributed by atoms with Crippen molar-refractivity contribution in [2.45, 2.75) is 12.5 Å². The van der Waals surface area contributed by atoms with Gasteiger partial charge in [-0.15, -0.1) is 0 Å². The van der Waals surface area contributed by atoms with Gasteiger partial charge in [-0.3, -0.25) is 9.59 Å². The largest absolute Gasteiger partial charge is 0.495 e. The molecule has 0 aromatic heterocycles. The van der Waals surface area contributed by atoms with Gasteiger partial charge in [0.05, 0.1) is 46.6 Å². The molecular weight excluding hydrogens is 418 g/mol. The van der Waals surface area contributed by atoms with Crippen molar-refractivity contribution in [1.82, 2.24) is 0 Å². The molecule has 2 rings (SSSR count). The number of carbonyl (C=O) groups is 2. The van der Waals surface area contributed by atoms with E-state index < -0.39 is 24.3 Å². The summed E-state index contributed by atoms with van der Waals surface area (Å²) in [4.78, 5) is 19.9. The fourth-order valence-corrected chi connectivity index (χ4v) is 2.54. The van der Waals surface area contributed by atoms with Gasteiger partial charge in [0.1, 0.15) is 5.75 Å². The van der Waals surface area contributed by atoms with Gasteiger partial charge < -0.3 is 41.3 Å². The monoisotopic (exact) mass is 447 g/mol. The van der Waals surface area contributed by atoms with Gasteiger partial charge in [-0.25, -0.2) is 0 Å². The molecule has 7 N–H and O–H groups in total. The number of nitrogens with two attached hydrogens (primary N) is 3. The van der Waals surface area contributed by atoms with Crippen LogP contribution in [0.4, 0.5) is 5.69 Å². The normalized spacial score (nSPS) is 11.2. The molecule has 32 heavy (non-hydrogen) atoms. The van der Waals surface area contributed by atoms with Crippen molar-refractivity contribution in [2.75, 3.05) is 34.2 Å². The maximum absolute atomic E-state index is 10.1. The molecule has 1 atom stereocenters. The first-order chi connectivity index (χ1) is 15.2. The number of ether oxygens (including phenoxy) is 4. The Hall–Kier alpha value is -3.92. The summed E-state index contributed by atoms with van der Waals surface area (Å²) in [6.45, 7) is 0. The average molecular weight is 447 g/mol. The number of anilines is 1. The lowest BCUT2D eigenvalue weighted by atomic mass is 10.1. The Balaban J connectivity index is 0.000000482. The predicted molar refractivity (Wildman–Crippen MR) is 122 cm³/mol. The van der Waals surface area contributed by atoms with Gasteiger partial charge in [0, 0.05) is 0 Å². The number of primary amides is 1. The smallest absolute Gasteiger partial charge is 0.305 e. The molecule has 0 unspecified atom stereocenters. The molecule has 2 aromatic carbocycles. The highest BCUT2D eigenvalue weighted by Gasteiger charge is 2.13. The molecule has 2 aromatic rings. The van der Waals surface area contributed by atoms with Crippen LogP contribution >= 0.6 is 0 Å². The molecule has 0 heterocycles. The first kappa shape index (κ1) is 26.1. The Morgan fingerprint density at radius 3 is 1.81 bits per heavy atom. The summed E-state index contributed by atoms with van der Waals surface area (Å²) < 4.78 is 21.2. The van der Waals surface area contributed by atoms with E-state index in [1.807, 2.05) is 42.5 Å². The second kappa shape index (κ2) is 12.7. The molecule has 10 heteroatoms. The average Bonchev–Trinajstić information content (AvgIpc) is 2.76. The maximum atomic E-state index is 10.1. The SMILES string of the molecule is COc1ccc(/C=C\c2cc(OC)c(OC)c(OC)c2)cc1N.NC(=O)[C@@H](N)CC(=O)O. The lowest BCUT2D eigenvalue weighted by molar-refractivity contribution is -0.139. The summed E-state index contributed by atoms with van der Waals surface area (Å²) in [5.74, 6) is 0.538. The van der Waals surface area contributed by atoms with Crippen LogP contribution in [0.25, 0.3) is 12.2 Å². The van der Waals surface area contributed by atoms with Gasteiger partial charge in [-0.1, -0.05) is 18.2 Å². The molecule has 10 nitrogen and oxygen atoms in total. The van der Waals surface area contributed by atoms with Crippen LogP contribution < -0.4 is 36.1 Å². The summed E-state index contributed by atoms with van der Waals surface area (Å²) in [5.41, 5.74) is 18.0. The van der Waals surface area contributed by atoms with E-state index in [4.69, 9.17) is 35.5 Å². The number of rotatable bonds is 9. The zero-order chi connectivity index (χ0) is 24.3. The van der Waals surface area contributed by atoms with Gasteiger partial charge in [-0.05, 0) is 35.4 Å². The third-order valence-electron chi connectivity index (χ3n) is 4.17. The second-order valence-electron chi connectivity index (χ2n) is 6.40. The molecule has 0 bridgehead atoms. The van der Waals surface area contributed by atoms with Crippen molar-refractivity contribution >= 4 is 29.7 Å². The molecule has 0 aliphatic carbocycles. The van der Waals surface area contributed by atoms with Gasteiger partial charge in [0.25, 0.3) is 0 Å². The molecule has 0 fully saturated rings. The lowest BCUT2D eigenvalue weighted by Gasteiger charge is -2.12. The zero-order valence-electron chi connectivity index (χ0n) is 18.5. The first-order valence-electron chi connectivity index (χ1n) is 9.35. The van der Waals surface area contributed by atoms with E-state index in [9.17, 15) is 9.59 Å². The number of carboxylic acids is 1. The number of methoxy groups -OCH3 is 4. The van der Waals surface area contributed by atoms with Crippen LogP contribution in [-0.2, 0) is 9.59 Å². The van der Waals surface area contributed by atoms with Crippen molar-refractivity contribution < 1.29 is 33.6 Å². The highest BCUT2D eigenvalue weighted by molar-refractivity contribution is 5.84. The molecule has 0 aliphatic heterocycles. The summed E-state index contributed by atoms with van der Waals surface area (Å²) >= 11 is 0. The van der Waals surface area contributed by atoms with Crippen molar-refractivity contribution in [3.63, 3.8) is 0 Å². The minimum atomic E-state index is -1.12. The van der Waals surface area contributed by atoms with E-state index in [2.05, 4.69) is 5.73 Å². The lowest BCUT2D eigenvalue weighted by Crippen LogP contribution is -2.38. The number of hydrogen-bond donors (Lipinski definition) is 4. The number of nitrogen functional groups attached to an aromatic ring is 1. The van der Waals surface area contributed by atoms with Crippen LogP contribution in [0.1, 0.15) is 17.5 Å². The third-order valence-corrected chi connectivity index (χ3v) is 4.17. The van der Waals surface area contributed by atoms with Crippen molar-refractivity contribution in [3.05, 3.63) is 41.5 Å². The van der Waals surface area contributed by atoms with Crippen LogP contribution in [0.2, 0.25) is 0 Å². The summed E-state index contributed by atoms with van der Waals surface area (Å²) in [6.07, 6.45) is 3.50. The fraction of sp³-hybridized carbons (Fsp3) is 0.273. The zero-order valence-corrected chi connectivity index (χ0v) is 18.5. The quantitative estimate of drug-likeness (QED) is 0.330. The Morgan fingerprint density at radius 1 is 0.906 bits per heavy atom. The molecule has 0 radical (unpaired) electrons. The number of hydrogen-bond acceptors (Lipinski definition) is 8. The third kappa shape index (κ3) is 7.73. The van der Waals surface area contributed by atoms with E-state index in [-0.39, 0.29) is 0 Å². The van der Waals surface area contributed by atoms with Crippen LogP contribution in [0.5, 0.6) is 23.0 Å². The second-order valence-corrected chi connectivity index (χ2v) is 6.40. The number of aliphatic carboxylic acids is 1. The first-order valence-corrected chi connectivity index (χ1v) is 9.35. The molecule has 174 valence electrons. The van der Waals surface area contributed by atoms with E-state index >= 15 is 0 Å². The standard InChI is InChI=1S/C18H21NO4.C4H8N2O3/c1-20-15-8-7-12(9-14(15)19)5-6-13-10-16(21-2)18(23-4)17(11-13)22-3;5-2(4(6)9)1-3(7)8/h5-11H,19H2,1-4H3;2H,1,5H2,(H2,6,9)(H,7,8)/b6-5-;/t;2-/m.0/s1. The number of benzene rings is 2. The van der Waals surface area contributed by atoms with E-state index in [0.29, 0.717) is 28.7 Å². The van der Waals surface area contributed by atoms with Crippen LogP contribution in [0.3, 0.4) is 0 Å². The summed E-state index contributed by atoms with van der Waals surface area (Å²) in [5, 5.41) is 8.04. The summed E-state index contributed by atoms with van der Waals surface area (Å²) in [7, 11) is 6.36. The van der Waals surface area contributed by atoms with Gasteiger partial charge in [0.2, 0.25) is 11.7 Å². The van der Waals surface area contributed by atoms with E-state index in [0.717, 1.165) is 11.1 Å². The maximum Gasteiger partial charge on any atom is 0.305 e. The van der Waals surface area contributed by atoms with Crippen LogP contribution in [0, 0.1) is 0 Å². The molecule has 0 spiro atoms. The van der Waals surface area contributed by atoms with Crippen molar-refractivity contribution in [3.8, 4) is 23.0 Å². The van der Waals surface area contributed by atoms with E-state index in [1.54, 1.807) is 28.4 Å². The number of amides is 1. The van der Waals surface area contributed by atoms with Gasteiger partial charge >= 0.3 is 5.97 Å². The molecule has 1 amide bonds. The minimum Gasteiger partial charge on any atom is -0.495 e. The Bertz CT molecular complexity index is 936. The van der Waals surface area contributed by atoms with Gasteiger partial charge in [-0.2, -0.15) is 0 Å². The Morgan fingerprint density at radius 2 is 1.44 bits per heavy atom. The molecule has 0 saturated heterocycles. The fourth-order valence-electron chi connectivity index (χ4n) is 2.54. The van der Waals surface area contributed by atoms with Crippen molar-refractivity contribution in [2.24, 2.45) is 11.5 Å². The van der Waals surface area contributed by atoms with Crippen LogP contribution in [0.15, 0.2) is 30.3 Å². The topological polar surface area (TPSA) is 169 Å². The molecule has 0 saturated carbocycles. The minimum absolute atomic E-state index is 0.407. The molecule has 0 aliphatic rings. The highest BCUT2D eigenvalue weighted by Crippen LogP contribution is 2.38. The number of carboxylic acid groups (broad SMARTS) is 1.